The van der Waals surface area contributed by atoms with Crippen molar-refractivity contribution >= 4 is 79.3 Å². The first-order chi connectivity index (χ1) is 21.4. The third-order valence-corrected chi connectivity index (χ3v) is 8.17. The van der Waals surface area contributed by atoms with Crippen molar-refractivity contribution in [2.75, 3.05) is 15.1 Å². The van der Waals surface area contributed by atoms with Crippen molar-refractivity contribution in [1.29, 1.82) is 0 Å². The number of alkyl halides is 4. The summed E-state index contributed by atoms with van der Waals surface area (Å²) in [7, 11) is 30.7. The Morgan fingerprint density at radius 2 is 1.60 bits per heavy atom. The molecule has 0 saturated heterocycles. The molecule has 0 saturated carbocycles. The first-order valence-corrected chi connectivity index (χ1v) is 13.9. The first kappa shape index (κ1) is 34.6. The first-order valence-electron chi connectivity index (χ1n) is 13.6. The summed E-state index contributed by atoms with van der Waals surface area (Å²) in [5.74, 6) is -5.46. The van der Waals surface area contributed by atoms with Crippen LogP contribution in [0.3, 0.4) is 0 Å². The SMILES string of the molecule is [B]C([B])([B])N1C(=C)N(C([B])([B])C(C)(O)F)c2cc(NC(=C)c3cc(F)cc(C(F)(F)F)c3)c3c(c21)C(=C)NC3c1cc(F)ccc1Cl. The maximum Gasteiger partial charge on any atom is 0.416 e. The fourth-order valence-corrected chi connectivity index (χ4v) is 5.86. The smallest absolute Gasteiger partial charge is 0.374 e. The molecule has 0 aromatic heterocycles. The molecule has 5 nitrogen and oxygen atoms in total. The zero-order chi connectivity index (χ0) is 35.2. The van der Waals surface area contributed by atoms with Crippen molar-refractivity contribution in [1.82, 2.24) is 5.32 Å². The van der Waals surface area contributed by atoms with E-state index in [2.05, 4.69) is 30.4 Å². The topological polar surface area (TPSA) is 50.8 Å². The second-order valence-corrected chi connectivity index (χ2v) is 11.8. The predicted molar refractivity (Wildman–Crippen MR) is 176 cm³/mol. The van der Waals surface area contributed by atoms with Crippen molar-refractivity contribution in [3.05, 3.63) is 112 Å². The highest BCUT2D eigenvalue weighted by Gasteiger charge is 2.52. The van der Waals surface area contributed by atoms with E-state index in [0.717, 1.165) is 28.0 Å². The van der Waals surface area contributed by atoms with Gasteiger partial charge in [-0.15, -0.1) is 0 Å². The molecule has 0 amide bonds. The Morgan fingerprint density at radius 1 is 0.957 bits per heavy atom. The lowest BCUT2D eigenvalue weighted by molar-refractivity contribution is -0.137. The van der Waals surface area contributed by atoms with E-state index in [4.69, 9.17) is 50.8 Å². The van der Waals surface area contributed by atoms with Gasteiger partial charge in [-0.2, -0.15) is 13.2 Å². The van der Waals surface area contributed by atoms with Gasteiger partial charge in [-0.25, -0.2) is 13.2 Å². The monoisotopic (exact) mass is 656 g/mol. The van der Waals surface area contributed by atoms with E-state index >= 15 is 4.39 Å². The Balaban J connectivity index is 1.83. The van der Waals surface area contributed by atoms with Crippen LogP contribution < -0.4 is 20.4 Å². The van der Waals surface area contributed by atoms with E-state index in [9.17, 15) is 27.1 Å². The number of nitrogens with one attached hydrogen (secondary N) is 2. The molecule has 17 heteroatoms. The van der Waals surface area contributed by atoms with Gasteiger partial charge in [0, 0.05) is 49.7 Å². The molecule has 0 spiro atoms. The summed E-state index contributed by atoms with van der Waals surface area (Å²) in [6.45, 7) is 12.4. The highest BCUT2D eigenvalue weighted by molar-refractivity contribution is 6.61. The molecule has 0 aliphatic carbocycles. The van der Waals surface area contributed by atoms with E-state index in [1.165, 1.54) is 12.1 Å². The van der Waals surface area contributed by atoms with Gasteiger partial charge in [-0.1, -0.05) is 36.6 Å². The van der Waals surface area contributed by atoms with Crippen LogP contribution >= 0.6 is 11.6 Å². The molecule has 2 unspecified atom stereocenters. The van der Waals surface area contributed by atoms with E-state index in [0.29, 0.717) is 19.1 Å². The van der Waals surface area contributed by atoms with Crippen LogP contribution in [-0.2, 0) is 6.18 Å². The van der Waals surface area contributed by atoms with Gasteiger partial charge in [0.2, 0.25) is 5.85 Å². The summed E-state index contributed by atoms with van der Waals surface area (Å²) in [5, 5.41) is 11.4. The van der Waals surface area contributed by atoms with Crippen LogP contribution in [0.4, 0.5) is 43.4 Å². The molecule has 47 heavy (non-hydrogen) atoms. The zero-order valence-corrected chi connectivity index (χ0v) is 25.4. The second-order valence-electron chi connectivity index (χ2n) is 11.4. The molecule has 3 N–H and O–H groups in total. The fourth-order valence-electron chi connectivity index (χ4n) is 5.63. The fraction of sp³-hybridized carbons (Fsp3) is 0.200. The number of halogens is 7. The molecule has 10 radical (unpaired) electrons. The number of rotatable bonds is 7. The number of aliphatic hydroxyl groups is 1. The van der Waals surface area contributed by atoms with Crippen LogP contribution in [0.1, 0.15) is 40.8 Å². The molecule has 0 fully saturated rings. The molecule has 2 aliphatic heterocycles. The highest BCUT2D eigenvalue weighted by atomic mass is 35.5. The van der Waals surface area contributed by atoms with Crippen molar-refractivity contribution in [3.8, 4) is 0 Å². The minimum absolute atomic E-state index is 0.0100. The largest absolute Gasteiger partial charge is 0.416 e. The van der Waals surface area contributed by atoms with Crippen molar-refractivity contribution in [2.24, 2.45) is 0 Å². The van der Waals surface area contributed by atoms with Gasteiger partial charge < -0.3 is 25.5 Å². The number of fused-ring (bicyclic) bond motifs is 3. The van der Waals surface area contributed by atoms with E-state index in [-0.39, 0.29) is 61.6 Å². The standard InChI is InChI=1S/C30H20B5ClF6N4O/c1-12(15-7-16(28(40,41)42)9-18(38)8-15)43-21-11-22-26(46(30(33,34)35)14(3)45(22)29(31,32)27(4,39)47)23-13(2)44-25(24(21)23)19-10-17(37)5-6-20(19)36/h5-11,25,43-44,47H,1-3H2,4H3. The van der Waals surface area contributed by atoms with Gasteiger partial charge in [0.25, 0.3) is 0 Å². The molecule has 2 aliphatic rings. The number of benzene rings is 3. The van der Waals surface area contributed by atoms with Crippen LogP contribution in [-0.4, -0.2) is 60.8 Å². The molecular weight excluding hydrogens is 636 g/mol. The molecule has 3 aromatic rings. The van der Waals surface area contributed by atoms with Gasteiger partial charge >= 0.3 is 6.18 Å². The van der Waals surface area contributed by atoms with Crippen LogP contribution in [0.25, 0.3) is 11.4 Å². The maximum absolute atomic E-state index is 15.2. The van der Waals surface area contributed by atoms with Crippen LogP contribution in [0.2, 0.25) is 5.02 Å². The Kier molecular flexibility index (Phi) is 8.20. The lowest BCUT2D eigenvalue weighted by Gasteiger charge is -2.46. The zero-order valence-electron chi connectivity index (χ0n) is 24.6. The highest BCUT2D eigenvalue weighted by Crippen LogP contribution is 2.57. The molecule has 5 rings (SSSR count). The average Bonchev–Trinajstić information content (AvgIpc) is 3.42. The van der Waals surface area contributed by atoms with Crippen molar-refractivity contribution in [3.63, 3.8) is 0 Å². The van der Waals surface area contributed by atoms with E-state index < -0.39 is 45.8 Å². The number of hydrogen-bond acceptors (Lipinski definition) is 5. The van der Waals surface area contributed by atoms with E-state index in [1.54, 1.807) is 0 Å². The van der Waals surface area contributed by atoms with Gasteiger partial charge in [-0.3, -0.25) is 0 Å². The van der Waals surface area contributed by atoms with Crippen molar-refractivity contribution in [2.45, 2.75) is 35.6 Å². The summed E-state index contributed by atoms with van der Waals surface area (Å²) >= 11 is 6.48. The molecule has 3 aromatic carbocycles. The van der Waals surface area contributed by atoms with Crippen LogP contribution in [0, 0.1) is 11.6 Å². The quantitative estimate of drug-likeness (QED) is 0.240. The molecule has 2 heterocycles. The lowest BCUT2D eigenvalue weighted by Crippen LogP contribution is -2.63. The molecular formula is C30H20B5ClF6N4O. The van der Waals surface area contributed by atoms with Crippen LogP contribution in [0.15, 0.2) is 68.0 Å². The normalized spacial score (nSPS) is 17.7. The molecule has 2 atom stereocenters. The minimum atomic E-state index is -4.88. The third-order valence-electron chi connectivity index (χ3n) is 7.83. The Bertz CT molecular complexity index is 1860. The molecule has 230 valence electrons. The van der Waals surface area contributed by atoms with E-state index in [1.807, 2.05) is 0 Å². The number of hydrogen-bond donors (Lipinski definition) is 3. The Labute approximate surface area is 278 Å². The summed E-state index contributed by atoms with van der Waals surface area (Å²) in [5.41, 5.74) is -1.16. The summed E-state index contributed by atoms with van der Waals surface area (Å²) in [4.78, 5) is 1.90. The summed E-state index contributed by atoms with van der Waals surface area (Å²) < 4.78 is 84.7. The number of nitrogens with zero attached hydrogens (tertiary/aromatic N) is 2. The second kappa shape index (κ2) is 11.2. The summed E-state index contributed by atoms with van der Waals surface area (Å²) in [6, 6.07) is 5.69. The van der Waals surface area contributed by atoms with Gasteiger partial charge in [0.15, 0.2) is 0 Å². The van der Waals surface area contributed by atoms with Gasteiger partial charge in [-0.05, 0) is 49.4 Å². The summed E-state index contributed by atoms with van der Waals surface area (Å²) in [6.07, 6.45) is -4.88. The third kappa shape index (κ3) is 5.84. The van der Waals surface area contributed by atoms with Gasteiger partial charge in [0.05, 0.1) is 62.2 Å². The predicted octanol–water partition coefficient (Wildman–Crippen LogP) is 5.27. The minimum Gasteiger partial charge on any atom is -0.374 e. The maximum atomic E-state index is 15.2. The molecule has 0 bridgehead atoms. The lowest BCUT2D eigenvalue weighted by atomic mass is 9.48. The van der Waals surface area contributed by atoms with Crippen molar-refractivity contribution < 1.29 is 31.4 Å². The Hall–Kier alpha value is -3.77. The van der Waals surface area contributed by atoms with Gasteiger partial charge in [0.1, 0.15) is 17.5 Å². The number of anilines is 3. The van der Waals surface area contributed by atoms with Crippen LogP contribution in [0.5, 0.6) is 0 Å². The Morgan fingerprint density at radius 3 is 2.17 bits per heavy atom. The average molecular weight is 656 g/mol.